The van der Waals surface area contributed by atoms with Crippen LogP contribution >= 0.6 is 0 Å². The van der Waals surface area contributed by atoms with Gasteiger partial charge in [0.2, 0.25) is 0 Å². The van der Waals surface area contributed by atoms with Gasteiger partial charge in [0.05, 0.1) is 6.10 Å². The van der Waals surface area contributed by atoms with E-state index in [1.807, 2.05) is 18.2 Å². The number of aliphatic hydroxyl groups is 1. The average molecular weight is 541 g/mol. The predicted molar refractivity (Wildman–Crippen MR) is 156 cm³/mol. The summed E-state index contributed by atoms with van der Waals surface area (Å²) in [6.07, 6.45) is 11.9. The number of carbonyl (C=O) groups excluding carboxylic acids is 2. The molecule has 0 spiro atoms. The molecule has 2 N–H and O–H groups in total. The lowest BCUT2D eigenvalue weighted by Gasteiger charge is -2.49. The zero-order valence-corrected chi connectivity index (χ0v) is 24.1. The van der Waals surface area contributed by atoms with Crippen molar-refractivity contribution in [2.45, 2.75) is 102 Å². The van der Waals surface area contributed by atoms with Gasteiger partial charge in [-0.1, -0.05) is 50.6 Å². The Labute approximate surface area is 238 Å². The van der Waals surface area contributed by atoms with Crippen molar-refractivity contribution in [1.29, 1.82) is 0 Å². The maximum absolute atomic E-state index is 12.5. The molecule has 0 heterocycles. The Bertz CT molecular complexity index is 1350. The highest BCUT2D eigenvalue weighted by atomic mass is 16.3. The summed E-state index contributed by atoms with van der Waals surface area (Å²) in [6, 6.07) is 13.6. The molecule has 0 radical (unpaired) electrons. The first-order valence-electron chi connectivity index (χ1n) is 15.9. The lowest BCUT2D eigenvalue weighted by molar-refractivity contribution is -0.0208. The summed E-state index contributed by atoms with van der Waals surface area (Å²) < 4.78 is 0. The normalized spacial score (nSPS) is 40.9. The first-order valence-corrected chi connectivity index (χ1v) is 15.9. The van der Waals surface area contributed by atoms with Crippen LogP contribution in [0.4, 0.5) is 0 Å². The fraction of sp³-hybridized carbons (Fsp3) is 0.611. The van der Waals surface area contributed by atoms with E-state index in [-0.39, 0.29) is 23.1 Å². The minimum Gasteiger partial charge on any atom is -0.508 e. The van der Waals surface area contributed by atoms with Crippen LogP contribution in [0, 0.1) is 34.5 Å². The Balaban J connectivity index is 0.000000133. The van der Waals surface area contributed by atoms with Crippen LogP contribution in [0.3, 0.4) is 0 Å². The topological polar surface area (TPSA) is 74.6 Å². The molecular weight excluding hydrogens is 496 g/mol. The van der Waals surface area contributed by atoms with E-state index >= 15 is 0 Å². The van der Waals surface area contributed by atoms with E-state index in [2.05, 4.69) is 26.0 Å². The van der Waals surface area contributed by atoms with E-state index < -0.39 is 0 Å². The minimum atomic E-state index is -0.209. The van der Waals surface area contributed by atoms with Crippen LogP contribution in [0.15, 0.2) is 42.5 Å². The van der Waals surface area contributed by atoms with Crippen LogP contribution in [0.1, 0.15) is 128 Å². The van der Waals surface area contributed by atoms with Gasteiger partial charge in [-0.2, -0.15) is 0 Å². The number of benzene rings is 2. The van der Waals surface area contributed by atoms with Crippen molar-refractivity contribution >= 4 is 11.6 Å². The number of rotatable bonds is 0. The number of aliphatic hydroxyl groups excluding tert-OH is 1. The van der Waals surface area contributed by atoms with Gasteiger partial charge in [-0.25, -0.2) is 0 Å². The number of hydrogen-bond acceptors (Lipinski definition) is 4. The molecule has 6 aliphatic rings. The second-order valence-corrected chi connectivity index (χ2v) is 14.6. The summed E-state index contributed by atoms with van der Waals surface area (Å²) >= 11 is 0. The summed E-state index contributed by atoms with van der Waals surface area (Å²) in [7, 11) is 0. The molecular formula is C36H44O4. The summed E-state index contributed by atoms with van der Waals surface area (Å²) in [4.78, 5) is 24.9. The van der Waals surface area contributed by atoms with Crippen LogP contribution in [-0.4, -0.2) is 27.9 Å². The lowest BCUT2D eigenvalue weighted by Crippen LogP contribution is -2.44. The zero-order chi connectivity index (χ0) is 27.8. The van der Waals surface area contributed by atoms with Crippen molar-refractivity contribution in [2.24, 2.45) is 34.5 Å². The Morgan fingerprint density at radius 3 is 2.20 bits per heavy atom. The lowest BCUT2D eigenvalue weighted by atomic mass is 9.55. The number of aromatic hydroxyl groups is 1. The Kier molecular flexibility index (Phi) is 6.31. The third-order valence-electron chi connectivity index (χ3n) is 12.8. The summed E-state index contributed by atoms with van der Waals surface area (Å²) in [5.41, 5.74) is 4.75. The molecule has 0 bridgehead atoms. The maximum Gasteiger partial charge on any atom is 0.163 e. The van der Waals surface area contributed by atoms with Crippen LogP contribution in [0.5, 0.6) is 5.75 Å². The second kappa shape index (κ2) is 9.54. The number of ketones is 2. The maximum atomic E-state index is 12.5. The largest absolute Gasteiger partial charge is 0.508 e. The smallest absolute Gasteiger partial charge is 0.163 e. The van der Waals surface area contributed by atoms with Crippen molar-refractivity contribution in [2.75, 3.05) is 0 Å². The van der Waals surface area contributed by atoms with Gasteiger partial charge in [-0.15, -0.1) is 0 Å². The van der Waals surface area contributed by atoms with Gasteiger partial charge in [0.25, 0.3) is 0 Å². The van der Waals surface area contributed by atoms with E-state index in [9.17, 15) is 19.8 Å². The quantitative estimate of drug-likeness (QED) is 0.357. The number of phenolic OH excluding ortho intramolecular Hbond substituents is 1. The first-order chi connectivity index (χ1) is 19.2. The minimum absolute atomic E-state index is 0.00410. The fourth-order valence-corrected chi connectivity index (χ4v) is 10.7. The van der Waals surface area contributed by atoms with E-state index in [0.29, 0.717) is 47.2 Å². The standard InChI is InChI=1S/C18H22O3.C18H22O/c1-18-7-6-12-11-3-2-10(19)8-14(11)16(20)9-13(12)15(18)4-5-17(18)21;1-18-9-4-7-16(18)15-11-17(19)14-6-3-2-5-12(14)13(15)8-10-18/h2-3,8,12-13,15,17,19,21H,4-7,9H2,1H3;2-3,5-6,13,15-16H,4,7-11H2,1H3/t12-,13-,15+,17?,18+;13-,15-,16+,18+/m11/s1. The SMILES string of the molecule is C[C@@]12CCC[C@H]1[C@@H]1CC(=O)c3ccccc3[C@H]1CC2.C[C@]12CC[C@@H]3c4ccc(O)cc4C(=O)C[C@H]3[C@@H]1CCC2O. The fourth-order valence-electron chi connectivity index (χ4n) is 10.7. The molecule has 40 heavy (non-hydrogen) atoms. The highest BCUT2D eigenvalue weighted by Crippen LogP contribution is 2.62. The molecule has 2 aromatic rings. The number of hydrogen-bond donors (Lipinski definition) is 2. The summed E-state index contributed by atoms with van der Waals surface area (Å²) in [5.74, 6) is 4.06. The second-order valence-electron chi connectivity index (χ2n) is 14.6. The molecule has 1 unspecified atom stereocenters. The van der Waals surface area contributed by atoms with Crippen molar-refractivity contribution in [1.82, 2.24) is 0 Å². The van der Waals surface area contributed by atoms with Crippen LogP contribution < -0.4 is 0 Å². The van der Waals surface area contributed by atoms with Gasteiger partial charge in [-0.3, -0.25) is 9.59 Å². The molecule has 6 aliphatic carbocycles. The molecule has 4 heteroatoms. The Morgan fingerprint density at radius 2 is 1.40 bits per heavy atom. The van der Waals surface area contributed by atoms with Crippen LogP contribution in [0.25, 0.3) is 0 Å². The van der Waals surface area contributed by atoms with Gasteiger partial charge >= 0.3 is 0 Å². The van der Waals surface area contributed by atoms with Crippen molar-refractivity contribution in [3.05, 3.63) is 64.7 Å². The van der Waals surface area contributed by atoms with Gasteiger partial charge in [0.15, 0.2) is 11.6 Å². The molecule has 212 valence electrons. The third-order valence-corrected chi connectivity index (χ3v) is 12.8. The molecule has 2 aromatic carbocycles. The van der Waals surface area contributed by atoms with Gasteiger partial charge in [0.1, 0.15) is 5.75 Å². The van der Waals surface area contributed by atoms with Gasteiger partial charge < -0.3 is 10.2 Å². The van der Waals surface area contributed by atoms with Gasteiger partial charge in [0, 0.05) is 24.0 Å². The van der Waals surface area contributed by atoms with Crippen molar-refractivity contribution in [3.63, 3.8) is 0 Å². The summed E-state index contributed by atoms with van der Waals surface area (Å²) in [5, 5.41) is 20.0. The van der Waals surface area contributed by atoms with Crippen molar-refractivity contribution < 1.29 is 19.8 Å². The van der Waals surface area contributed by atoms with Crippen molar-refractivity contribution in [3.8, 4) is 5.75 Å². The van der Waals surface area contributed by atoms with E-state index in [0.717, 1.165) is 54.7 Å². The molecule has 0 saturated heterocycles. The molecule has 8 rings (SSSR count). The van der Waals surface area contributed by atoms with E-state index in [1.165, 1.54) is 37.7 Å². The van der Waals surface area contributed by atoms with E-state index in [1.54, 1.807) is 12.1 Å². The van der Waals surface area contributed by atoms with Crippen LogP contribution in [-0.2, 0) is 0 Å². The molecule has 0 aromatic heterocycles. The Hall–Kier alpha value is -2.46. The molecule has 0 amide bonds. The molecule has 9 atom stereocenters. The monoisotopic (exact) mass is 540 g/mol. The number of fused-ring (bicyclic) bond motifs is 10. The highest BCUT2D eigenvalue weighted by Gasteiger charge is 2.55. The highest BCUT2D eigenvalue weighted by molar-refractivity contribution is 6.00. The van der Waals surface area contributed by atoms with Crippen LogP contribution in [0.2, 0.25) is 0 Å². The zero-order valence-electron chi connectivity index (χ0n) is 24.1. The molecule has 4 nitrogen and oxygen atoms in total. The molecule has 4 saturated carbocycles. The first kappa shape index (κ1) is 26.4. The Morgan fingerprint density at radius 1 is 0.725 bits per heavy atom. The third kappa shape index (κ3) is 3.95. The molecule has 4 fully saturated rings. The number of carbonyl (C=O) groups is 2. The summed E-state index contributed by atoms with van der Waals surface area (Å²) in [6.45, 7) is 4.69. The number of phenols is 1. The predicted octanol–water partition coefficient (Wildman–Crippen LogP) is 7.82. The number of Topliss-reactive ketones (excluding diaryl/α,β-unsaturated/α-hetero) is 2. The van der Waals surface area contributed by atoms with Gasteiger partial charge in [-0.05, 0) is 121 Å². The average Bonchev–Trinajstić information content (AvgIpc) is 3.49. The van der Waals surface area contributed by atoms with E-state index in [4.69, 9.17) is 0 Å². The molecule has 0 aliphatic heterocycles.